The Bertz CT molecular complexity index is 372. The van der Waals surface area contributed by atoms with Crippen molar-refractivity contribution >= 4 is 0 Å². The van der Waals surface area contributed by atoms with Gasteiger partial charge in [0.1, 0.15) is 0 Å². The predicted octanol–water partition coefficient (Wildman–Crippen LogP) is 3.82. The fraction of sp³-hybridized carbons (Fsp3) is 0.625. The zero-order valence-corrected chi connectivity index (χ0v) is 11.4. The summed E-state index contributed by atoms with van der Waals surface area (Å²) in [6.07, 6.45) is 0.879. The molecule has 0 radical (unpaired) electrons. The van der Waals surface area contributed by atoms with Crippen LogP contribution in [0.3, 0.4) is 0 Å². The van der Waals surface area contributed by atoms with Crippen molar-refractivity contribution in [3.05, 3.63) is 35.9 Å². The highest BCUT2D eigenvalue weighted by Gasteiger charge is 2.46. The Labute approximate surface area is 105 Å². The molecule has 0 saturated heterocycles. The van der Waals surface area contributed by atoms with Crippen molar-refractivity contribution in [1.29, 1.82) is 0 Å². The van der Waals surface area contributed by atoms with Crippen LogP contribution in [0.15, 0.2) is 30.3 Å². The third kappa shape index (κ3) is 2.01. The molecule has 1 nitrogen and oxygen atoms in total. The third-order valence-electron chi connectivity index (χ3n) is 5.18. The quantitative estimate of drug-likeness (QED) is 0.780. The Morgan fingerprint density at radius 3 is 2.18 bits per heavy atom. The molecule has 0 aromatic heterocycles. The molecular weight excluding hydrogens is 208 g/mol. The van der Waals surface area contributed by atoms with E-state index in [2.05, 4.69) is 39.8 Å². The topological polar surface area (TPSA) is 20.2 Å². The van der Waals surface area contributed by atoms with E-state index in [-0.39, 0.29) is 0 Å². The van der Waals surface area contributed by atoms with Gasteiger partial charge in [-0.15, -0.1) is 0 Å². The van der Waals surface area contributed by atoms with Crippen LogP contribution in [0, 0.1) is 23.7 Å². The second-order valence-corrected chi connectivity index (χ2v) is 5.98. The first-order valence-corrected chi connectivity index (χ1v) is 6.74. The summed E-state index contributed by atoms with van der Waals surface area (Å²) in [5.41, 5.74) is 0.435. The van der Waals surface area contributed by atoms with Crippen LogP contribution in [0.25, 0.3) is 0 Å². The van der Waals surface area contributed by atoms with E-state index in [1.165, 1.54) is 0 Å². The van der Waals surface area contributed by atoms with E-state index in [1.54, 1.807) is 0 Å². The molecule has 1 N–H and O–H groups in total. The molecule has 0 bridgehead atoms. The summed E-state index contributed by atoms with van der Waals surface area (Å²) >= 11 is 0. The van der Waals surface area contributed by atoms with E-state index < -0.39 is 5.60 Å². The van der Waals surface area contributed by atoms with Crippen molar-refractivity contribution in [1.82, 2.24) is 0 Å². The van der Waals surface area contributed by atoms with E-state index >= 15 is 0 Å². The maximum atomic E-state index is 11.1. The summed E-state index contributed by atoms with van der Waals surface area (Å²) < 4.78 is 0. The standard InChI is InChI=1S/C16H24O/c1-11-10-16(17,14(4)13(3)12(11)2)15-8-6-5-7-9-15/h5-9,11-14,17H,10H2,1-4H3/t11?,12-,13?,14-,16?/m1/s1. The van der Waals surface area contributed by atoms with Gasteiger partial charge in [-0.1, -0.05) is 58.0 Å². The van der Waals surface area contributed by atoms with Gasteiger partial charge in [0.05, 0.1) is 5.60 Å². The molecule has 1 aliphatic rings. The summed E-state index contributed by atoms with van der Waals surface area (Å²) in [6, 6.07) is 10.2. The van der Waals surface area contributed by atoms with Crippen molar-refractivity contribution in [2.45, 2.75) is 39.7 Å². The fourth-order valence-electron chi connectivity index (χ4n) is 3.38. The molecule has 94 valence electrons. The van der Waals surface area contributed by atoms with E-state index in [9.17, 15) is 5.11 Å². The molecule has 1 saturated carbocycles. The molecule has 2 rings (SSSR count). The van der Waals surface area contributed by atoms with Gasteiger partial charge >= 0.3 is 0 Å². The molecule has 1 fully saturated rings. The number of benzene rings is 1. The average Bonchev–Trinajstić information content (AvgIpc) is 2.35. The van der Waals surface area contributed by atoms with Crippen LogP contribution >= 0.6 is 0 Å². The van der Waals surface area contributed by atoms with Gasteiger partial charge in [-0.05, 0) is 35.7 Å². The minimum absolute atomic E-state index is 0.316. The minimum Gasteiger partial charge on any atom is -0.385 e. The van der Waals surface area contributed by atoms with E-state index in [0.717, 1.165) is 12.0 Å². The fourth-order valence-corrected chi connectivity index (χ4v) is 3.38. The molecule has 1 heteroatoms. The van der Waals surface area contributed by atoms with Gasteiger partial charge in [-0.3, -0.25) is 0 Å². The Hall–Kier alpha value is -0.820. The summed E-state index contributed by atoms with van der Waals surface area (Å²) in [5, 5.41) is 11.1. The van der Waals surface area contributed by atoms with Crippen molar-refractivity contribution in [2.24, 2.45) is 23.7 Å². The SMILES string of the molecule is CC1CC(O)(c2ccccc2)[C@H](C)C(C)[C@@H]1C. The monoisotopic (exact) mass is 232 g/mol. The van der Waals surface area contributed by atoms with Gasteiger partial charge in [0.15, 0.2) is 0 Å². The lowest BCUT2D eigenvalue weighted by Crippen LogP contribution is -2.46. The van der Waals surface area contributed by atoms with Crippen LogP contribution < -0.4 is 0 Å². The normalized spacial score (nSPS) is 42.4. The maximum Gasteiger partial charge on any atom is 0.0927 e. The first-order valence-electron chi connectivity index (χ1n) is 6.74. The highest BCUT2D eigenvalue weighted by Crippen LogP contribution is 2.49. The van der Waals surface area contributed by atoms with Gasteiger partial charge in [0, 0.05) is 0 Å². The second-order valence-electron chi connectivity index (χ2n) is 5.98. The van der Waals surface area contributed by atoms with Crippen LogP contribution in [0.5, 0.6) is 0 Å². The number of rotatable bonds is 1. The molecule has 0 heterocycles. The Morgan fingerprint density at radius 2 is 1.59 bits per heavy atom. The number of hydrogen-bond acceptors (Lipinski definition) is 1. The predicted molar refractivity (Wildman–Crippen MR) is 71.6 cm³/mol. The zero-order chi connectivity index (χ0) is 12.6. The van der Waals surface area contributed by atoms with E-state index in [1.807, 2.05) is 18.2 Å². The first kappa shape index (κ1) is 12.6. The van der Waals surface area contributed by atoms with Crippen LogP contribution in [0.2, 0.25) is 0 Å². The largest absolute Gasteiger partial charge is 0.385 e. The van der Waals surface area contributed by atoms with Gasteiger partial charge in [-0.2, -0.15) is 0 Å². The van der Waals surface area contributed by atoms with E-state index in [0.29, 0.717) is 23.7 Å². The molecule has 1 aliphatic carbocycles. The molecule has 17 heavy (non-hydrogen) atoms. The van der Waals surface area contributed by atoms with Crippen LogP contribution in [0.4, 0.5) is 0 Å². The Kier molecular flexibility index (Phi) is 3.31. The van der Waals surface area contributed by atoms with Crippen molar-refractivity contribution in [3.63, 3.8) is 0 Å². The molecule has 3 unspecified atom stereocenters. The smallest absolute Gasteiger partial charge is 0.0927 e. The summed E-state index contributed by atoms with van der Waals surface area (Å²) in [4.78, 5) is 0. The molecule has 1 aromatic carbocycles. The van der Waals surface area contributed by atoms with Gasteiger partial charge < -0.3 is 5.11 Å². The average molecular weight is 232 g/mol. The number of aliphatic hydroxyl groups is 1. The Morgan fingerprint density at radius 1 is 1.00 bits per heavy atom. The first-order chi connectivity index (χ1) is 7.97. The molecule has 0 amide bonds. The molecule has 5 atom stereocenters. The lowest BCUT2D eigenvalue weighted by Gasteiger charge is -2.48. The summed E-state index contributed by atoms with van der Waals surface area (Å²) in [5.74, 6) is 2.14. The van der Waals surface area contributed by atoms with Gasteiger partial charge in [0.2, 0.25) is 0 Å². The molecule has 1 aromatic rings. The van der Waals surface area contributed by atoms with Crippen LogP contribution in [0.1, 0.15) is 39.7 Å². The lowest BCUT2D eigenvalue weighted by atomic mass is 9.60. The van der Waals surface area contributed by atoms with Crippen molar-refractivity contribution < 1.29 is 5.11 Å². The lowest BCUT2D eigenvalue weighted by molar-refractivity contribution is -0.105. The van der Waals surface area contributed by atoms with Crippen molar-refractivity contribution in [2.75, 3.05) is 0 Å². The van der Waals surface area contributed by atoms with Crippen molar-refractivity contribution in [3.8, 4) is 0 Å². The third-order valence-corrected chi connectivity index (χ3v) is 5.18. The van der Waals surface area contributed by atoms with Crippen LogP contribution in [-0.2, 0) is 5.60 Å². The van der Waals surface area contributed by atoms with E-state index in [4.69, 9.17) is 0 Å². The highest BCUT2D eigenvalue weighted by atomic mass is 16.3. The maximum absolute atomic E-state index is 11.1. The van der Waals surface area contributed by atoms with Gasteiger partial charge in [0.25, 0.3) is 0 Å². The highest BCUT2D eigenvalue weighted by molar-refractivity contribution is 5.24. The Balaban J connectivity index is 2.37. The zero-order valence-electron chi connectivity index (χ0n) is 11.4. The summed E-state index contributed by atoms with van der Waals surface area (Å²) in [7, 11) is 0. The second kappa shape index (κ2) is 4.45. The molecular formula is C16H24O. The number of hydrogen-bond donors (Lipinski definition) is 1. The van der Waals surface area contributed by atoms with Crippen LogP contribution in [-0.4, -0.2) is 5.11 Å². The van der Waals surface area contributed by atoms with Gasteiger partial charge in [-0.25, -0.2) is 0 Å². The molecule has 0 aliphatic heterocycles. The summed E-state index contributed by atoms with van der Waals surface area (Å²) in [6.45, 7) is 9.05. The minimum atomic E-state index is -0.646. The molecule has 0 spiro atoms.